The van der Waals surface area contributed by atoms with Crippen molar-refractivity contribution >= 4 is 12.1 Å². The number of benzene rings is 2. The highest BCUT2D eigenvalue weighted by Gasteiger charge is 2.54. The normalized spacial score (nSPS) is 25.2. The van der Waals surface area contributed by atoms with Crippen molar-refractivity contribution in [3.05, 3.63) is 59.7 Å². The first-order valence-corrected chi connectivity index (χ1v) is 10.4. The van der Waals surface area contributed by atoms with Crippen molar-refractivity contribution in [2.24, 2.45) is 5.92 Å². The number of piperidine rings is 1. The molecule has 1 aliphatic heterocycles. The fraction of sp³-hybridized carbons (Fsp3) is 0.417. The Morgan fingerprint density at radius 2 is 1.62 bits per heavy atom. The summed E-state index contributed by atoms with van der Waals surface area (Å²) in [4.78, 5) is 26.1. The highest BCUT2D eigenvalue weighted by Crippen LogP contribution is 2.49. The Morgan fingerprint density at radius 3 is 2.24 bits per heavy atom. The fourth-order valence-corrected chi connectivity index (χ4v) is 5.51. The van der Waals surface area contributed by atoms with Crippen LogP contribution in [0.1, 0.15) is 49.1 Å². The lowest BCUT2D eigenvalue weighted by molar-refractivity contribution is -0.153. The number of amides is 1. The average molecular weight is 391 g/mol. The standard InChI is InChI=1S/C24H25NO4/c26-22(27)16-13-24(14-16)11-5-6-12-25(24)23(28)29-15-21-19-9-3-1-7-17(19)18-8-2-4-10-20(18)21/h1-4,7-10,16,21H,5-6,11-15H2,(H,26,27). The number of rotatable bonds is 3. The molecule has 150 valence electrons. The van der Waals surface area contributed by atoms with Gasteiger partial charge in [-0.15, -0.1) is 0 Å². The second-order valence-corrected chi connectivity index (χ2v) is 8.58. The summed E-state index contributed by atoms with van der Waals surface area (Å²) in [6, 6.07) is 16.6. The zero-order chi connectivity index (χ0) is 20.0. The molecule has 0 unspecified atom stereocenters. The predicted octanol–water partition coefficient (Wildman–Crippen LogP) is 4.65. The van der Waals surface area contributed by atoms with E-state index in [9.17, 15) is 14.7 Å². The third kappa shape index (κ3) is 2.91. The van der Waals surface area contributed by atoms with E-state index < -0.39 is 5.97 Å². The zero-order valence-corrected chi connectivity index (χ0v) is 16.3. The minimum Gasteiger partial charge on any atom is -0.481 e. The van der Waals surface area contributed by atoms with Crippen LogP contribution in [0.4, 0.5) is 4.79 Å². The third-order valence-corrected chi connectivity index (χ3v) is 7.00. The Hall–Kier alpha value is -2.82. The first-order valence-electron chi connectivity index (χ1n) is 10.4. The van der Waals surface area contributed by atoms with Gasteiger partial charge in [-0.25, -0.2) is 4.79 Å². The number of fused-ring (bicyclic) bond motifs is 3. The van der Waals surface area contributed by atoms with E-state index in [4.69, 9.17) is 4.74 Å². The van der Waals surface area contributed by atoms with Crippen molar-refractivity contribution < 1.29 is 19.4 Å². The molecule has 2 fully saturated rings. The lowest BCUT2D eigenvalue weighted by Gasteiger charge is -2.54. The van der Waals surface area contributed by atoms with E-state index in [1.165, 1.54) is 22.3 Å². The van der Waals surface area contributed by atoms with Crippen molar-refractivity contribution in [2.45, 2.75) is 43.6 Å². The molecule has 1 spiro atoms. The minimum absolute atomic E-state index is 0.0419. The van der Waals surface area contributed by atoms with E-state index in [1.54, 1.807) is 0 Å². The van der Waals surface area contributed by atoms with Crippen LogP contribution in [0.3, 0.4) is 0 Å². The van der Waals surface area contributed by atoms with Crippen LogP contribution in [-0.2, 0) is 9.53 Å². The largest absolute Gasteiger partial charge is 0.481 e. The van der Waals surface area contributed by atoms with Gasteiger partial charge in [0.05, 0.1) is 5.92 Å². The van der Waals surface area contributed by atoms with Gasteiger partial charge in [-0.05, 0) is 54.4 Å². The number of ether oxygens (including phenoxy) is 1. The lowest BCUT2D eigenvalue weighted by atomic mass is 9.63. The summed E-state index contributed by atoms with van der Waals surface area (Å²) in [5.74, 6) is -1.05. The van der Waals surface area contributed by atoms with E-state index in [1.807, 2.05) is 29.2 Å². The van der Waals surface area contributed by atoms with E-state index in [0.29, 0.717) is 26.0 Å². The van der Waals surface area contributed by atoms with Crippen molar-refractivity contribution in [3.63, 3.8) is 0 Å². The maximum absolute atomic E-state index is 13.0. The smallest absolute Gasteiger partial charge is 0.410 e. The molecule has 29 heavy (non-hydrogen) atoms. The van der Waals surface area contributed by atoms with Gasteiger partial charge < -0.3 is 14.7 Å². The quantitative estimate of drug-likeness (QED) is 0.827. The molecule has 1 heterocycles. The van der Waals surface area contributed by atoms with Crippen molar-refractivity contribution in [3.8, 4) is 11.1 Å². The molecule has 1 amide bonds. The van der Waals surface area contributed by atoms with Crippen LogP contribution >= 0.6 is 0 Å². The summed E-state index contributed by atoms with van der Waals surface area (Å²) in [6.45, 7) is 0.963. The van der Waals surface area contributed by atoms with E-state index in [2.05, 4.69) is 24.3 Å². The van der Waals surface area contributed by atoms with E-state index in [-0.39, 0.29) is 23.5 Å². The molecule has 0 aromatic heterocycles. The third-order valence-electron chi connectivity index (χ3n) is 7.00. The van der Waals surface area contributed by atoms with Crippen molar-refractivity contribution in [2.75, 3.05) is 13.2 Å². The molecule has 1 N–H and O–H groups in total. The van der Waals surface area contributed by atoms with Gasteiger partial charge in [0, 0.05) is 18.0 Å². The highest BCUT2D eigenvalue weighted by molar-refractivity contribution is 5.79. The lowest BCUT2D eigenvalue weighted by Crippen LogP contribution is -2.62. The number of carboxylic acid groups (broad SMARTS) is 1. The molecule has 5 rings (SSSR count). The van der Waals surface area contributed by atoms with Crippen LogP contribution in [0.25, 0.3) is 11.1 Å². The van der Waals surface area contributed by atoms with Gasteiger partial charge in [0.15, 0.2) is 0 Å². The van der Waals surface area contributed by atoms with Gasteiger partial charge >= 0.3 is 12.1 Å². The number of carboxylic acids is 1. The summed E-state index contributed by atoms with van der Waals surface area (Å²) >= 11 is 0. The van der Waals surface area contributed by atoms with Crippen LogP contribution in [0, 0.1) is 5.92 Å². The van der Waals surface area contributed by atoms with Gasteiger partial charge in [-0.2, -0.15) is 0 Å². The van der Waals surface area contributed by atoms with Gasteiger partial charge in [-0.3, -0.25) is 4.79 Å². The molecule has 0 bridgehead atoms. The number of nitrogens with zero attached hydrogens (tertiary/aromatic N) is 1. The van der Waals surface area contributed by atoms with Crippen LogP contribution in [0.2, 0.25) is 0 Å². The van der Waals surface area contributed by atoms with Crippen LogP contribution in [0.5, 0.6) is 0 Å². The van der Waals surface area contributed by atoms with Crippen molar-refractivity contribution in [1.82, 2.24) is 4.90 Å². The summed E-state index contributed by atoms with van der Waals surface area (Å²) in [6.07, 6.45) is 3.67. The van der Waals surface area contributed by atoms with E-state index >= 15 is 0 Å². The molecular formula is C24H25NO4. The van der Waals surface area contributed by atoms with Gasteiger partial charge in [0.1, 0.15) is 6.61 Å². The molecule has 5 nitrogen and oxygen atoms in total. The van der Waals surface area contributed by atoms with Gasteiger partial charge in [-0.1, -0.05) is 48.5 Å². The Bertz CT molecular complexity index is 917. The summed E-state index contributed by atoms with van der Waals surface area (Å²) in [5.41, 5.74) is 4.50. The molecule has 1 saturated heterocycles. The summed E-state index contributed by atoms with van der Waals surface area (Å²) < 4.78 is 5.85. The summed E-state index contributed by atoms with van der Waals surface area (Å²) in [5, 5.41) is 9.27. The Labute approximate surface area is 170 Å². The second-order valence-electron chi connectivity index (χ2n) is 8.58. The van der Waals surface area contributed by atoms with Gasteiger partial charge in [0.25, 0.3) is 0 Å². The minimum atomic E-state index is -0.756. The molecular weight excluding hydrogens is 366 g/mol. The monoisotopic (exact) mass is 391 g/mol. The number of aliphatic carboxylic acids is 1. The number of carbonyl (C=O) groups is 2. The first kappa shape index (κ1) is 18.2. The molecule has 0 atom stereocenters. The first-order chi connectivity index (χ1) is 14.1. The number of hydrogen-bond acceptors (Lipinski definition) is 3. The summed E-state index contributed by atoms with van der Waals surface area (Å²) in [7, 11) is 0. The zero-order valence-electron chi connectivity index (χ0n) is 16.3. The molecule has 2 aromatic rings. The number of carbonyl (C=O) groups excluding carboxylic acids is 1. The molecule has 5 heteroatoms. The van der Waals surface area contributed by atoms with Crippen molar-refractivity contribution in [1.29, 1.82) is 0 Å². The van der Waals surface area contributed by atoms with E-state index in [0.717, 1.165) is 19.3 Å². The van der Waals surface area contributed by atoms with Gasteiger partial charge in [0.2, 0.25) is 0 Å². The second kappa shape index (κ2) is 6.90. The Morgan fingerprint density at radius 1 is 1.00 bits per heavy atom. The predicted molar refractivity (Wildman–Crippen MR) is 109 cm³/mol. The molecule has 2 aliphatic carbocycles. The highest BCUT2D eigenvalue weighted by atomic mass is 16.6. The SMILES string of the molecule is O=C(O)C1CC2(CCCCN2C(=O)OCC2c3ccccc3-c3ccccc32)C1. The van der Waals surface area contributed by atoms with Crippen LogP contribution in [-0.4, -0.2) is 40.8 Å². The number of hydrogen-bond donors (Lipinski definition) is 1. The topological polar surface area (TPSA) is 66.8 Å². The molecule has 0 radical (unpaired) electrons. The Balaban J connectivity index is 1.33. The Kier molecular flexibility index (Phi) is 4.34. The number of likely N-dealkylation sites (tertiary alicyclic amines) is 1. The maximum Gasteiger partial charge on any atom is 0.410 e. The fourth-order valence-electron chi connectivity index (χ4n) is 5.51. The molecule has 3 aliphatic rings. The maximum atomic E-state index is 13.0. The average Bonchev–Trinajstić information content (AvgIpc) is 3.04. The molecule has 1 saturated carbocycles. The van der Waals surface area contributed by atoms with Crippen LogP contribution < -0.4 is 0 Å². The molecule has 2 aromatic carbocycles. The van der Waals surface area contributed by atoms with Crippen LogP contribution in [0.15, 0.2) is 48.5 Å².